The zero-order chi connectivity index (χ0) is 11.4. The largest absolute Gasteiger partial charge is 0.342 e. The Labute approximate surface area is 101 Å². The maximum Gasteiger partial charge on any atom is 0.225 e. The Balaban J connectivity index is 1.91. The SMILES string of the molecule is CN(C[C@H]1CCCCN1)c1ncc(Cl)cn1. The predicted octanol–water partition coefficient (Wildman–Crippen LogP) is 1.71. The minimum absolute atomic E-state index is 0.554. The van der Waals surface area contributed by atoms with Crippen molar-refractivity contribution < 1.29 is 0 Å². The van der Waals surface area contributed by atoms with E-state index in [2.05, 4.69) is 20.2 Å². The van der Waals surface area contributed by atoms with Gasteiger partial charge in [-0.05, 0) is 19.4 Å². The van der Waals surface area contributed by atoms with Crippen LogP contribution in [0.4, 0.5) is 5.95 Å². The highest BCUT2D eigenvalue weighted by molar-refractivity contribution is 6.30. The Hall–Kier alpha value is -0.870. The number of halogens is 1. The normalized spacial score (nSPS) is 20.8. The molecule has 1 aromatic heterocycles. The number of piperidine rings is 1. The van der Waals surface area contributed by atoms with Gasteiger partial charge in [0, 0.05) is 19.6 Å². The number of nitrogens with one attached hydrogen (secondary N) is 1. The second kappa shape index (κ2) is 5.46. The van der Waals surface area contributed by atoms with E-state index in [0.29, 0.717) is 11.1 Å². The average Bonchev–Trinajstić information content (AvgIpc) is 2.31. The summed E-state index contributed by atoms with van der Waals surface area (Å²) in [7, 11) is 2.01. The zero-order valence-corrected chi connectivity index (χ0v) is 10.2. The average molecular weight is 241 g/mol. The fourth-order valence-electron chi connectivity index (χ4n) is 1.99. The van der Waals surface area contributed by atoms with E-state index in [0.717, 1.165) is 19.0 Å². The molecule has 0 saturated carbocycles. The molecular formula is C11H17ClN4. The van der Waals surface area contributed by atoms with E-state index in [1.54, 1.807) is 12.4 Å². The second-order valence-electron chi connectivity index (χ2n) is 4.23. The molecule has 16 heavy (non-hydrogen) atoms. The molecule has 1 aliphatic heterocycles. The summed E-state index contributed by atoms with van der Waals surface area (Å²) in [6.45, 7) is 2.07. The van der Waals surface area contributed by atoms with Crippen LogP contribution >= 0.6 is 11.6 Å². The molecule has 5 heteroatoms. The zero-order valence-electron chi connectivity index (χ0n) is 9.49. The first kappa shape index (κ1) is 11.6. The lowest BCUT2D eigenvalue weighted by Crippen LogP contribution is -2.42. The molecule has 0 unspecified atom stereocenters. The third-order valence-electron chi connectivity index (χ3n) is 2.85. The van der Waals surface area contributed by atoms with E-state index in [4.69, 9.17) is 11.6 Å². The molecule has 1 atom stereocenters. The van der Waals surface area contributed by atoms with Crippen LogP contribution in [0.15, 0.2) is 12.4 Å². The van der Waals surface area contributed by atoms with Crippen molar-refractivity contribution in [3.05, 3.63) is 17.4 Å². The first-order chi connectivity index (χ1) is 7.75. The molecule has 0 amide bonds. The molecule has 1 aliphatic rings. The lowest BCUT2D eigenvalue weighted by atomic mass is 10.0. The molecule has 1 aromatic rings. The molecule has 0 bridgehead atoms. The van der Waals surface area contributed by atoms with Crippen molar-refractivity contribution in [3.8, 4) is 0 Å². The van der Waals surface area contributed by atoms with Gasteiger partial charge in [0.25, 0.3) is 0 Å². The molecule has 1 fully saturated rings. The van der Waals surface area contributed by atoms with Crippen molar-refractivity contribution in [1.82, 2.24) is 15.3 Å². The molecule has 0 radical (unpaired) electrons. The number of nitrogens with zero attached hydrogens (tertiary/aromatic N) is 3. The smallest absolute Gasteiger partial charge is 0.225 e. The number of hydrogen-bond donors (Lipinski definition) is 1. The maximum absolute atomic E-state index is 5.75. The van der Waals surface area contributed by atoms with Crippen LogP contribution in [0.5, 0.6) is 0 Å². The summed E-state index contributed by atoms with van der Waals surface area (Å²) in [5.74, 6) is 0.733. The van der Waals surface area contributed by atoms with Gasteiger partial charge in [-0.1, -0.05) is 18.0 Å². The Bertz CT molecular complexity index is 321. The summed E-state index contributed by atoms with van der Waals surface area (Å²) < 4.78 is 0. The van der Waals surface area contributed by atoms with Gasteiger partial charge in [0.2, 0.25) is 5.95 Å². The summed E-state index contributed by atoms with van der Waals surface area (Å²) in [6.07, 6.45) is 7.10. The predicted molar refractivity (Wildman–Crippen MR) is 66.0 cm³/mol. The topological polar surface area (TPSA) is 41.0 Å². The van der Waals surface area contributed by atoms with Crippen LogP contribution in [-0.2, 0) is 0 Å². The maximum atomic E-state index is 5.75. The van der Waals surface area contributed by atoms with Crippen molar-refractivity contribution in [1.29, 1.82) is 0 Å². The molecule has 0 spiro atoms. The summed E-state index contributed by atoms with van der Waals surface area (Å²) in [6, 6.07) is 0.554. The standard InChI is InChI=1S/C11H17ClN4/c1-16(8-10-4-2-3-5-13-10)11-14-6-9(12)7-15-11/h6-7,10,13H,2-5,8H2,1H3/t10-/m1/s1. The summed E-state index contributed by atoms with van der Waals surface area (Å²) in [5, 5.41) is 4.08. The van der Waals surface area contributed by atoms with Gasteiger partial charge < -0.3 is 10.2 Å². The van der Waals surface area contributed by atoms with E-state index in [9.17, 15) is 0 Å². The molecule has 4 nitrogen and oxygen atoms in total. The van der Waals surface area contributed by atoms with Gasteiger partial charge in [0.05, 0.1) is 17.4 Å². The summed E-state index contributed by atoms with van der Waals surface area (Å²) >= 11 is 5.75. The van der Waals surface area contributed by atoms with Crippen molar-refractivity contribution in [2.24, 2.45) is 0 Å². The van der Waals surface area contributed by atoms with Crippen molar-refractivity contribution in [2.75, 3.05) is 25.0 Å². The number of likely N-dealkylation sites (N-methyl/N-ethyl adjacent to an activating group) is 1. The van der Waals surface area contributed by atoms with E-state index in [1.807, 2.05) is 7.05 Å². The van der Waals surface area contributed by atoms with E-state index in [1.165, 1.54) is 19.3 Å². The highest BCUT2D eigenvalue weighted by atomic mass is 35.5. The molecule has 2 rings (SSSR count). The van der Waals surface area contributed by atoms with Crippen LogP contribution in [0.3, 0.4) is 0 Å². The molecule has 0 aromatic carbocycles. The van der Waals surface area contributed by atoms with E-state index >= 15 is 0 Å². The first-order valence-corrected chi connectivity index (χ1v) is 6.05. The van der Waals surface area contributed by atoms with Crippen molar-refractivity contribution >= 4 is 17.5 Å². The van der Waals surface area contributed by atoms with Crippen LogP contribution < -0.4 is 10.2 Å². The third kappa shape index (κ3) is 3.06. The van der Waals surface area contributed by atoms with Gasteiger partial charge in [-0.15, -0.1) is 0 Å². The molecule has 0 aliphatic carbocycles. The molecule has 2 heterocycles. The number of anilines is 1. The molecule has 1 saturated heterocycles. The molecular weight excluding hydrogens is 224 g/mol. The number of hydrogen-bond acceptors (Lipinski definition) is 4. The van der Waals surface area contributed by atoms with Crippen molar-refractivity contribution in [3.63, 3.8) is 0 Å². The highest BCUT2D eigenvalue weighted by Crippen LogP contribution is 2.12. The molecule has 1 N–H and O–H groups in total. The minimum Gasteiger partial charge on any atom is -0.342 e. The van der Waals surface area contributed by atoms with Gasteiger partial charge in [-0.25, -0.2) is 9.97 Å². The summed E-state index contributed by atoms with van der Waals surface area (Å²) in [4.78, 5) is 10.5. The minimum atomic E-state index is 0.554. The Morgan fingerprint density at radius 1 is 1.44 bits per heavy atom. The van der Waals surface area contributed by atoms with E-state index < -0.39 is 0 Å². The lowest BCUT2D eigenvalue weighted by molar-refractivity contribution is 0.402. The first-order valence-electron chi connectivity index (χ1n) is 5.68. The second-order valence-corrected chi connectivity index (χ2v) is 4.67. The van der Waals surface area contributed by atoms with Crippen LogP contribution in [0.2, 0.25) is 5.02 Å². The fourth-order valence-corrected chi connectivity index (χ4v) is 2.09. The molecule has 88 valence electrons. The number of aromatic nitrogens is 2. The quantitative estimate of drug-likeness (QED) is 0.874. The van der Waals surface area contributed by atoms with Gasteiger partial charge in [0.1, 0.15) is 0 Å². The number of rotatable bonds is 3. The van der Waals surface area contributed by atoms with Crippen LogP contribution in [0, 0.1) is 0 Å². The Kier molecular flexibility index (Phi) is 3.96. The lowest BCUT2D eigenvalue weighted by Gasteiger charge is -2.28. The fraction of sp³-hybridized carbons (Fsp3) is 0.636. The van der Waals surface area contributed by atoms with Gasteiger partial charge in [-0.2, -0.15) is 0 Å². The van der Waals surface area contributed by atoms with Gasteiger partial charge in [-0.3, -0.25) is 0 Å². The van der Waals surface area contributed by atoms with Gasteiger partial charge >= 0.3 is 0 Å². The Morgan fingerprint density at radius 2 is 2.19 bits per heavy atom. The highest BCUT2D eigenvalue weighted by Gasteiger charge is 2.15. The van der Waals surface area contributed by atoms with Crippen LogP contribution in [0.25, 0.3) is 0 Å². The third-order valence-corrected chi connectivity index (χ3v) is 3.05. The van der Waals surface area contributed by atoms with Crippen LogP contribution in [0.1, 0.15) is 19.3 Å². The summed E-state index contributed by atoms with van der Waals surface area (Å²) in [5.41, 5.74) is 0. The Morgan fingerprint density at radius 3 is 2.81 bits per heavy atom. The van der Waals surface area contributed by atoms with E-state index in [-0.39, 0.29) is 0 Å². The monoisotopic (exact) mass is 240 g/mol. The van der Waals surface area contributed by atoms with Gasteiger partial charge in [0.15, 0.2) is 0 Å². The van der Waals surface area contributed by atoms with Crippen molar-refractivity contribution in [2.45, 2.75) is 25.3 Å². The van der Waals surface area contributed by atoms with Crippen LogP contribution in [-0.4, -0.2) is 36.1 Å².